The summed E-state index contributed by atoms with van der Waals surface area (Å²) >= 11 is 0. The Hall–Kier alpha value is -0.990. The molecule has 0 spiro atoms. The Kier molecular flexibility index (Phi) is 0.946. The first-order chi connectivity index (χ1) is 4.47. The van der Waals surface area contributed by atoms with E-state index < -0.39 is 0 Å². The molecule has 0 aromatic carbocycles. The van der Waals surface area contributed by atoms with Crippen molar-refractivity contribution >= 4 is 5.90 Å². The van der Waals surface area contributed by atoms with Crippen molar-refractivity contribution < 1.29 is 4.74 Å². The summed E-state index contributed by atoms with van der Waals surface area (Å²) in [4.78, 5) is 0. The normalized spacial score (nSPS) is 23.1. The van der Waals surface area contributed by atoms with Gasteiger partial charge in [0.25, 0.3) is 0 Å². The third kappa shape index (κ3) is 0.686. The highest BCUT2D eigenvalue weighted by Gasteiger charge is 2.17. The average Bonchev–Trinajstić information content (AvgIpc) is 2.33. The van der Waals surface area contributed by atoms with E-state index >= 15 is 0 Å². The van der Waals surface area contributed by atoms with Crippen LogP contribution in [0.1, 0.15) is 6.42 Å². The minimum Gasteiger partial charge on any atom is -0.476 e. The van der Waals surface area contributed by atoms with E-state index in [0.717, 1.165) is 25.5 Å². The van der Waals surface area contributed by atoms with Crippen LogP contribution in [0.2, 0.25) is 0 Å². The molecule has 0 aromatic heterocycles. The second-order valence-corrected chi connectivity index (χ2v) is 2.11. The first-order valence-corrected chi connectivity index (χ1v) is 3.09. The van der Waals surface area contributed by atoms with Crippen LogP contribution in [-0.2, 0) is 4.74 Å². The van der Waals surface area contributed by atoms with Gasteiger partial charge in [-0.2, -0.15) is 0 Å². The van der Waals surface area contributed by atoms with Crippen molar-refractivity contribution in [3.8, 4) is 0 Å². The van der Waals surface area contributed by atoms with Gasteiger partial charge in [0.1, 0.15) is 0 Å². The highest BCUT2D eigenvalue weighted by atomic mass is 16.5. The van der Waals surface area contributed by atoms with Crippen LogP contribution in [0.5, 0.6) is 0 Å². The van der Waals surface area contributed by atoms with Crippen LogP contribution in [0.25, 0.3) is 0 Å². The molecule has 2 heterocycles. The molecule has 0 atom stereocenters. The number of rotatable bonds is 0. The van der Waals surface area contributed by atoms with Gasteiger partial charge in [0, 0.05) is 12.0 Å². The molecule has 0 unspecified atom stereocenters. The van der Waals surface area contributed by atoms with Crippen LogP contribution < -0.4 is 5.43 Å². The predicted octanol–water partition coefficient (Wildman–Crippen LogP) is 0.250. The number of nitrogens with one attached hydrogen (secondary N) is 1. The van der Waals surface area contributed by atoms with Gasteiger partial charge >= 0.3 is 0 Å². The van der Waals surface area contributed by atoms with Gasteiger partial charge in [0.05, 0.1) is 13.2 Å². The quantitative estimate of drug-likeness (QED) is 0.502. The molecule has 3 heteroatoms. The maximum atomic E-state index is 5.18. The minimum absolute atomic E-state index is 0.793. The fraction of sp³-hybridized carbons (Fsp3) is 0.500. The van der Waals surface area contributed by atoms with Crippen LogP contribution in [-0.4, -0.2) is 19.0 Å². The van der Waals surface area contributed by atoms with Crippen LogP contribution in [0.3, 0.4) is 0 Å². The molecule has 1 fully saturated rings. The van der Waals surface area contributed by atoms with Crippen LogP contribution in [0.15, 0.2) is 16.8 Å². The predicted molar refractivity (Wildman–Crippen MR) is 34.1 cm³/mol. The number of fused-ring (bicyclic) bond motifs is 1. The van der Waals surface area contributed by atoms with Crippen LogP contribution in [0, 0.1) is 0 Å². The summed E-state index contributed by atoms with van der Waals surface area (Å²) in [6.07, 6.45) is 3.15. The average molecular weight is 124 g/mol. The van der Waals surface area contributed by atoms with Gasteiger partial charge in [0.15, 0.2) is 0 Å². The van der Waals surface area contributed by atoms with Crippen molar-refractivity contribution in [1.29, 1.82) is 0 Å². The Morgan fingerprint density at radius 2 is 2.67 bits per heavy atom. The van der Waals surface area contributed by atoms with Gasteiger partial charge in [-0.3, -0.25) is 0 Å². The lowest BCUT2D eigenvalue weighted by molar-refractivity contribution is 0.340. The van der Waals surface area contributed by atoms with E-state index in [-0.39, 0.29) is 0 Å². The monoisotopic (exact) mass is 124 g/mol. The van der Waals surface area contributed by atoms with Gasteiger partial charge in [0.2, 0.25) is 5.90 Å². The number of hydrazone groups is 1. The molecule has 48 valence electrons. The van der Waals surface area contributed by atoms with E-state index in [9.17, 15) is 0 Å². The molecule has 0 bridgehead atoms. The molecule has 0 amide bonds. The summed E-state index contributed by atoms with van der Waals surface area (Å²) in [5.41, 5.74) is 4.10. The van der Waals surface area contributed by atoms with Gasteiger partial charge in [-0.1, -0.05) is 6.08 Å². The number of nitrogens with zero attached hydrogens (tertiary/aromatic N) is 1. The van der Waals surface area contributed by atoms with Crippen molar-refractivity contribution in [3.05, 3.63) is 11.6 Å². The smallest absolute Gasteiger partial charge is 0.233 e. The first-order valence-electron chi connectivity index (χ1n) is 3.09. The Balaban J connectivity index is 2.30. The lowest BCUT2D eigenvalue weighted by atomic mass is 10.2. The largest absolute Gasteiger partial charge is 0.476 e. The lowest BCUT2D eigenvalue weighted by Crippen LogP contribution is -2.16. The molecule has 2 rings (SSSR count). The summed E-state index contributed by atoms with van der Waals surface area (Å²) in [6, 6.07) is 0. The third-order valence-electron chi connectivity index (χ3n) is 1.51. The molecule has 1 N–H and O–H groups in total. The topological polar surface area (TPSA) is 33.6 Å². The number of hydrogen-bond donors (Lipinski definition) is 1. The molecule has 0 aliphatic carbocycles. The standard InChI is InChI=1S/C6H8N2O/c1-3-7-8-6-5(1)2-4-9-6/h1,7H,2-4H2. The fourth-order valence-electron chi connectivity index (χ4n) is 1.04. The van der Waals surface area contributed by atoms with Crippen molar-refractivity contribution in [2.45, 2.75) is 6.42 Å². The number of hydrogen-bond acceptors (Lipinski definition) is 3. The molecule has 0 aromatic rings. The zero-order valence-corrected chi connectivity index (χ0v) is 5.05. The first kappa shape index (κ1) is 4.85. The second kappa shape index (κ2) is 1.76. The highest BCUT2D eigenvalue weighted by molar-refractivity contribution is 5.95. The second-order valence-electron chi connectivity index (χ2n) is 2.11. The van der Waals surface area contributed by atoms with Crippen molar-refractivity contribution in [2.24, 2.45) is 5.10 Å². The Morgan fingerprint density at radius 3 is 3.56 bits per heavy atom. The lowest BCUT2D eigenvalue weighted by Gasteiger charge is -2.05. The maximum Gasteiger partial charge on any atom is 0.233 e. The van der Waals surface area contributed by atoms with Gasteiger partial charge < -0.3 is 10.2 Å². The molecule has 1 saturated heterocycles. The van der Waals surface area contributed by atoms with E-state index in [0.29, 0.717) is 0 Å². The molecule has 3 nitrogen and oxygen atoms in total. The summed E-state index contributed by atoms with van der Waals surface area (Å²) in [7, 11) is 0. The molecule has 2 aliphatic heterocycles. The van der Waals surface area contributed by atoms with Crippen molar-refractivity contribution in [3.63, 3.8) is 0 Å². The van der Waals surface area contributed by atoms with E-state index in [1.54, 1.807) is 0 Å². The summed E-state index contributed by atoms with van der Waals surface area (Å²) in [5.74, 6) is 0.793. The van der Waals surface area contributed by atoms with Crippen LogP contribution in [0.4, 0.5) is 0 Å². The fourth-order valence-corrected chi connectivity index (χ4v) is 1.04. The SMILES string of the molecule is C1=C2CCOC2=NNC1. The van der Waals surface area contributed by atoms with Crippen molar-refractivity contribution in [1.82, 2.24) is 5.43 Å². The summed E-state index contributed by atoms with van der Waals surface area (Å²) in [5, 5.41) is 3.97. The van der Waals surface area contributed by atoms with E-state index in [2.05, 4.69) is 16.6 Å². The van der Waals surface area contributed by atoms with E-state index in [1.807, 2.05) is 0 Å². The molecule has 2 aliphatic rings. The Bertz CT molecular complexity index is 163. The molecule has 0 radical (unpaired) electrons. The third-order valence-corrected chi connectivity index (χ3v) is 1.51. The molecular weight excluding hydrogens is 116 g/mol. The highest BCUT2D eigenvalue weighted by Crippen LogP contribution is 2.15. The zero-order valence-electron chi connectivity index (χ0n) is 5.05. The van der Waals surface area contributed by atoms with Gasteiger partial charge in [-0.05, 0) is 0 Å². The van der Waals surface area contributed by atoms with E-state index in [4.69, 9.17) is 4.74 Å². The summed E-state index contributed by atoms with van der Waals surface area (Å²) in [6.45, 7) is 1.65. The van der Waals surface area contributed by atoms with E-state index in [1.165, 1.54) is 5.57 Å². The Labute approximate surface area is 53.4 Å². The molecule has 0 saturated carbocycles. The molecular formula is C6H8N2O. The van der Waals surface area contributed by atoms with Gasteiger partial charge in [-0.25, -0.2) is 0 Å². The maximum absolute atomic E-state index is 5.18. The Morgan fingerprint density at radius 1 is 1.67 bits per heavy atom. The summed E-state index contributed by atoms with van der Waals surface area (Å²) < 4.78 is 5.18. The van der Waals surface area contributed by atoms with Crippen LogP contribution >= 0.6 is 0 Å². The zero-order chi connectivity index (χ0) is 6.10. The molecule has 9 heavy (non-hydrogen) atoms. The van der Waals surface area contributed by atoms with Gasteiger partial charge in [-0.15, -0.1) is 5.10 Å². The van der Waals surface area contributed by atoms with Crippen molar-refractivity contribution in [2.75, 3.05) is 13.2 Å². The number of ether oxygens (including phenoxy) is 1. The minimum atomic E-state index is 0.793.